The van der Waals surface area contributed by atoms with Gasteiger partial charge in [-0.15, -0.1) is 0 Å². The molecule has 0 saturated carbocycles. The maximum atomic E-state index is 13.4. The van der Waals surface area contributed by atoms with Gasteiger partial charge in [-0.05, 0) is 24.4 Å². The number of anilines is 1. The Kier molecular flexibility index (Phi) is 3.19. The van der Waals surface area contributed by atoms with Crippen LogP contribution in [0.5, 0.6) is 5.75 Å². The fourth-order valence-electron chi connectivity index (χ4n) is 0.929. The van der Waals surface area contributed by atoms with E-state index in [0.29, 0.717) is 0 Å². The Balaban J connectivity index is 3.18. The molecule has 0 heterocycles. The number of methoxy groups -OCH3 is 1. The summed E-state index contributed by atoms with van der Waals surface area (Å²) in [5.41, 5.74) is 4.69. The summed E-state index contributed by atoms with van der Waals surface area (Å²) in [5, 5.41) is 1.98. The normalized spacial score (nSPS) is 9.64. The molecule has 0 spiro atoms. The molecule has 0 aliphatic rings. The first kappa shape index (κ1) is 10.6. The van der Waals surface area contributed by atoms with E-state index in [9.17, 15) is 8.78 Å². The van der Waals surface area contributed by atoms with Gasteiger partial charge >= 0.3 is 0 Å². The van der Waals surface area contributed by atoms with Gasteiger partial charge in [0.1, 0.15) is 11.5 Å². The lowest BCUT2D eigenvalue weighted by molar-refractivity contribution is 0.385. The van der Waals surface area contributed by atoms with Gasteiger partial charge < -0.3 is 15.8 Å². The molecule has 0 unspecified atom stereocenters. The predicted molar refractivity (Wildman–Crippen MR) is 53.3 cm³/mol. The maximum Gasteiger partial charge on any atom is 0.191 e. The summed E-state index contributed by atoms with van der Waals surface area (Å²) in [6, 6.07) is 2.23. The number of thiocarbonyl (C=S) groups is 1. The van der Waals surface area contributed by atoms with E-state index in [4.69, 9.17) is 5.73 Å². The zero-order valence-electron chi connectivity index (χ0n) is 7.30. The van der Waals surface area contributed by atoms with Crippen LogP contribution in [0.1, 0.15) is 0 Å². The molecule has 1 aromatic rings. The number of nitrogens with one attached hydrogen (secondary N) is 1. The highest BCUT2D eigenvalue weighted by Gasteiger charge is 2.14. The van der Waals surface area contributed by atoms with E-state index in [2.05, 4.69) is 22.3 Å². The van der Waals surface area contributed by atoms with E-state index in [1.54, 1.807) is 0 Å². The third kappa shape index (κ3) is 2.08. The van der Waals surface area contributed by atoms with Gasteiger partial charge in [-0.1, -0.05) is 0 Å². The highest BCUT2D eigenvalue weighted by molar-refractivity contribution is 7.80. The van der Waals surface area contributed by atoms with E-state index < -0.39 is 17.3 Å². The molecule has 0 bridgehead atoms. The average Bonchev–Trinajstić information content (AvgIpc) is 2.12. The van der Waals surface area contributed by atoms with Crippen molar-refractivity contribution in [1.29, 1.82) is 0 Å². The Morgan fingerprint density at radius 3 is 2.64 bits per heavy atom. The number of halogens is 2. The van der Waals surface area contributed by atoms with Crippen molar-refractivity contribution in [1.82, 2.24) is 0 Å². The van der Waals surface area contributed by atoms with Crippen molar-refractivity contribution in [2.24, 2.45) is 5.73 Å². The van der Waals surface area contributed by atoms with Crippen LogP contribution in [-0.4, -0.2) is 12.2 Å². The van der Waals surface area contributed by atoms with Crippen LogP contribution in [0.2, 0.25) is 0 Å². The van der Waals surface area contributed by atoms with E-state index in [1.807, 2.05) is 0 Å². The zero-order valence-corrected chi connectivity index (χ0v) is 8.12. The molecule has 0 radical (unpaired) electrons. The summed E-state index contributed by atoms with van der Waals surface area (Å²) >= 11 is 4.47. The van der Waals surface area contributed by atoms with E-state index in [1.165, 1.54) is 13.2 Å². The monoisotopic (exact) mass is 218 g/mol. The first-order valence-corrected chi connectivity index (χ1v) is 4.05. The Labute approximate surface area is 84.9 Å². The minimum atomic E-state index is -0.861. The summed E-state index contributed by atoms with van der Waals surface area (Å²) in [6.45, 7) is 0. The molecule has 3 N–H and O–H groups in total. The number of hydrogen-bond donors (Lipinski definition) is 2. The lowest BCUT2D eigenvalue weighted by Crippen LogP contribution is -2.20. The van der Waals surface area contributed by atoms with Crippen molar-refractivity contribution in [3.8, 4) is 5.75 Å². The molecule has 0 aliphatic heterocycles. The molecular formula is C8H8F2N2OS. The summed E-state index contributed by atoms with van der Waals surface area (Å²) in [6.07, 6.45) is 0. The largest absolute Gasteiger partial charge is 0.494 e. The molecule has 14 heavy (non-hydrogen) atoms. The molecule has 0 fully saturated rings. The van der Waals surface area contributed by atoms with Crippen LogP contribution in [0, 0.1) is 11.6 Å². The smallest absolute Gasteiger partial charge is 0.191 e. The number of ether oxygens (including phenoxy) is 1. The Hall–Kier alpha value is -1.43. The molecule has 3 nitrogen and oxygen atoms in total. The molecule has 0 atom stereocenters. The van der Waals surface area contributed by atoms with Crippen molar-refractivity contribution < 1.29 is 13.5 Å². The lowest BCUT2D eigenvalue weighted by Gasteiger charge is -2.09. The van der Waals surface area contributed by atoms with Crippen molar-refractivity contribution >= 4 is 23.0 Å². The van der Waals surface area contributed by atoms with Crippen LogP contribution < -0.4 is 15.8 Å². The van der Waals surface area contributed by atoms with Gasteiger partial charge in [-0.3, -0.25) is 0 Å². The third-order valence-electron chi connectivity index (χ3n) is 1.52. The van der Waals surface area contributed by atoms with Crippen LogP contribution in [-0.2, 0) is 0 Å². The minimum absolute atomic E-state index is 0.0786. The number of hydrogen-bond acceptors (Lipinski definition) is 2. The van der Waals surface area contributed by atoms with Crippen LogP contribution in [0.3, 0.4) is 0 Å². The van der Waals surface area contributed by atoms with Crippen LogP contribution in [0.15, 0.2) is 12.1 Å². The Morgan fingerprint density at radius 1 is 1.50 bits per heavy atom. The standard InChI is InChI=1S/C8H8F2N2OS/c1-13-5-3-2-4(9)7(6(5)10)12-8(11)14/h2-3H,1H3,(H3,11,12,14). The first-order chi connectivity index (χ1) is 6.56. The quantitative estimate of drug-likeness (QED) is 0.741. The first-order valence-electron chi connectivity index (χ1n) is 3.64. The molecule has 1 aromatic carbocycles. The van der Waals surface area contributed by atoms with E-state index >= 15 is 0 Å². The molecular weight excluding hydrogens is 210 g/mol. The van der Waals surface area contributed by atoms with Crippen molar-refractivity contribution in [2.75, 3.05) is 12.4 Å². The predicted octanol–water partition coefficient (Wildman–Crippen LogP) is 1.63. The van der Waals surface area contributed by atoms with Crippen LogP contribution >= 0.6 is 12.2 Å². The van der Waals surface area contributed by atoms with Gasteiger partial charge in [0, 0.05) is 0 Å². The summed E-state index contributed by atoms with van der Waals surface area (Å²) in [5.74, 6) is -1.72. The zero-order chi connectivity index (χ0) is 10.7. The second-order valence-corrected chi connectivity index (χ2v) is 2.87. The lowest BCUT2D eigenvalue weighted by atomic mass is 10.2. The molecule has 0 saturated heterocycles. The minimum Gasteiger partial charge on any atom is -0.494 e. The second kappa shape index (κ2) is 4.19. The van der Waals surface area contributed by atoms with Gasteiger partial charge in [0.25, 0.3) is 0 Å². The second-order valence-electron chi connectivity index (χ2n) is 2.43. The van der Waals surface area contributed by atoms with E-state index in [-0.39, 0.29) is 10.9 Å². The molecule has 1 rings (SSSR count). The fraction of sp³-hybridized carbons (Fsp3) is 0.125. The van der Waals surface area contributed by atoms with Crippen molar-refractivity contribution in [3.05, 3.63) is 23.8 Å². The SMILES string of the molecule is COc1ccc(F)c(NC(N)=S)c1F. The van der Waals surface area contributed by atoms with Gasteiger partial charge in [0.05, 0.1) is 7.11 Å². The molecule has 0 amide bonds. The van der Waals surface area contributed by atoms with Gasteiger partial charge in [0.2, 0.25) is 0 Å². The van der Waals surface area contributed by atoms with Crippen LogP contribution in [0.25, 0.3) is 0 Å². The Morgan fingerprint density at radius 2 is 2.14 bits per heavy atom. The number of nitrogens with two attached hydrogens (primary N) is 1. The summed E-state index contributed by atoms with van der Waals surface area (Å²) in [4.78, 5) is 0. The maximum absolute atomic E-state index is 13.4. The fourth-order valence-corrected chi connectivity index (χ4v) is 1.03. The van der Waals surface area contributed by atoms with Gasteiger partial charge in [-0.2, -0.15) is 0 Å². The number of benzene rings is 1. The summed E-state index contributed by atoms with van der Waals surface area (Å²) in [7, 11) is 1.28. The average molecular weight is 218 g/mol. The molecule has 0 aromatic heterocycles. The Bertz CT molecular complexity index is 371. The highest BCUT2D eigenvalue weighted by atomic mass is 32.1. The van der Waals surface area contributed by atoms with Gasteiger partial charge in [-0.25, -0.2) is 8.78 Å². The highest BCUT2D eigenvalue weighted by Crippen LogP contribution is 2.26. The summed E-state index contributed by atoms with van der Waals surface area (Å²) < 4.78 is 31.1. The molecule has 0 aliphatic carbocycles. The number of rotatable bonds is 2. The van der Waals surface area contributed by atoms with E-state index in [0.717, 1.165) is 6.07 Å². The van der Waals surface area contributed by atoms with Gasteiger partial charge in [0.15, 0.2) is 16.7 Å². The molecule has 6 heteroatoms. The van der Waals surface area contributed by atoms with Crippen LogP contribution in [0.4, 0.5) is 14.5 Å². The third-order valence-corrected chi connectivity index (χ3v) is 1.63. The topological polar surface area (TPSA) is 47.3 Å². The van der Waals surface area contributed by atoms with Crippen molar-refractivity contribution in [2.45, 2.75) is 0 Å². The van der Waals surface area contributed by atoms with Crippen molar-refractivity contribution in [3.63, 3.8) is 0 Å². The molecule has 76 valence electrons.